The molecule has 0 aliphatic carbocycles. The van der Waals surface area contributed by atoms with Gasteiger partial charge < -0.3 is 41.2 Å². The Bertz CT molecular complexity index is 2100. The van der Waals surface area contributed by atoms with Crippen molar-refractivity contribution < 1.29 is 38.8 Å². The molecule has 7 N–H and O–H groups in total. The highest BCUT2D eigenvalue weighted by Gasteiger charge is 2.53. The van der Waals surface area contributed by atoms with Crippen molar-refractivity contribution >= 4 is 86.0 Å². The Kier molecular flexibility index (Phi) is 8.86. The number of hydrogen-bond acceptors (Lipinski definition) is 14. The van der Waals surface area contributed by atoms with Gasteiger partial charge in [-0.2, -0.15) is 13.9 Å². The van der Waals surface area contributed by atoms with Crippen LogP contribution in [0.5, 0.6) is 0 Å². The van der Waals surface area contributed by atoms with E-state index in [0.29, 0.717) is 17.7 Å². The molecule has 0 radical (unpaired) electrons. The van der Waals surface area contributed by atoms with Gasteiger partial charge in [-0.1, -0.05) is 5.16 Å². The van der Waals surface area contributed by atoms with Gasteiger partial charge in [0.15, 0.2) is 24.1 Å². The smallest absolute Gasteiger partial charge is 0.350 e. The molecule has 2 aliphatic heterocycles. The van der Waals surface area contributed by atoms with Gasteiger partial charge in [0.1, 0.15) is 22.8 Å². The van der Waals surface area contributed by atoms with Crippen molar-refractivity contribution in [3.8, 4) is 0 Å². The minimum Gasteiger partial charge on any atom is -0.543 e. The van der Waals surface area contributed by atoms with Crippen molar-refractivity contribution in [3.05, 3.63) is 69.7 Å². The fraction of sp³-hybridized carbons (Fsp3) is 0.276. The number of carbonyl (C=O) groups is 4. The average molecular weight is 725 g/mol. The number of β-lactam (4-membered cyclic amide) rings is 1. The van der Waals surface area contributed by atoms with E-state index in [-0.39, 0.29) is 34.8 Å². The summed E-state index contributed by atoms with van der Waals surface area (Å²) in [7, 11) is 0. The van der Waals surface area contributed by atoms with Crippen LogP contribution >= 0.6 is 34.6 Å². The van der Waals surface area contributed by atoms with E-state index in [4.69, 9.17) is 21.7 Å². The van der Waals surface area contributed by atoms with Crippen LogP contribution in [0.25, 0.3) is 10.9 Å². The number of nitrogens with zero attached hydrogens (tertiary/aromatic N) is 6. The van der Waals surface area contributed by atoms with Crippen LogP contribution in [-0.4, -0.2) is 82.0 Å². The first kappa shape index (κ1) is 33.6. The van der Waals surface area contributed by atoms with Gasteiger partial charge in [0.05, 0.1) is 18.2 Å². The number of thioether (sulfide) groups is 1. The van der Waals surface area contributed by atoms with Crippen molar-refractivity contribution in [1.82, 2.24) is 24.1 Å². The number of hydrogen-bond donors (Lipinski definition) is 5. The van der Waals surface area contributed by atoms with Crippen molar-refractivity contribution in [2.75, 3.05) is 11.5 Å². The zero-order valence-corrected chi connectivity index (χ0v) is 28.2. The second-order valence-electron chi connectivity index (χ2n) is 11.5. The molecular weight excluding hydrogens is 697 g/mol. The second-order valence-corrected chi connectivity index (χ2v) is 14.4. The molecule has 2 atom stereocenters. The molecule has 49 heavy (non-hydrogen) atoms. The van der Waals surface area contributed by atoms with E-state index in [1.165, 1.54) is 36.9 Å². The lowest BCUT2D eigenvalue weighted by atomic mass is 10.0. The highest BCUT2D eigenvalue weighted by atomic mass is 32.2. The minimum atomic E-state index is -1.81. The molecule has 20 heteroatoms. The number of thiophene rings is 1. The van der Waals surface area contributed by atoms with E-state index in [0.717, 1.165) is 32.2 Å². The first-order valence-corrected chi connectivity index (χ1v) is 17.1. The molecule has 1 saturated heterocycles. The Balaban J connectivity index is 1.21. The predicted molar refractivity (Wildman–Crippen MR) is 177 cm³/mol. The number of aliphatic carboxylic acids is 2. The summed E-state index contributed by atoms with van der Waals surface area (Å²) >= 11 is 3.53. The van der Waals surface area contributed by atoms with Crippen LogP contribution in [-0.2, 0) is 37.1 Å². The highest BCUT2D eigenvalue weighted by molar-refractivity contribution is 8.00. The summed E-state index contributed by atoms with van der Waals surface area (Å²) in [6, 6.07) is 4.60. The normalized spacial score (nSPS) is 17.9. The van der Waals surface area contributed by atoms with Crippen molar-refractivity contribution in [2.45, 2.75) is 44.0 Å². The number of nitrogens with two attached hydrogens (primary N) is 2. The fourth-order valence-corrected chi connectivity index (χ4v) is 7.77. The summed E-state index contributed by atoms with van der Waals surface area (Å²) < 4.78 is 7.81. The molecule has 17 nitrogen and oxygen atoms in total. The van der Waals surface area contributed by atoms with E-state index >= 15 is 0 Å². The lowest BCUT2D eigenvalue weighted by molar-refractivity contribution is -0.687. The topological polar surface area (TPSA) is 259 Å². The molecule has 0 bridgehead atoms. The van der Waals surface area contributed by atoms with Crippen molar-refractivity contribution in [1.29, 1.82) is 5.41 Å². The Hall–Kier alpha value is -5.34. The predicted octanol–water partition coefficient (Wildman–Crippen LogP) is -0.556. The molecule has 0 aromatic carbocycles. The number of anilines is 1. The van der Waals surface area contributed by atoms with Gasteiger partial charge in [0.25, 0.3) is 11.8 Å². The van der Waals surface area contributed by atoms with Crippen molar-refractivity contribution in [3.63, 3.8) is 0 Å². The zero-order valence-electron chi connectivity index (χ0n) is 25.8. The number of pyridine rings is 1. The average Bonchev–Trinajstić information content (AvgIpc) is 3.80. The van der Waals surface area contributed by atoms with Gasteiger partial charge in [-0.05, 0) is 26.0 Å². The van der Waals surface area contributed by atoms with Crippen LogP contribution < -0.4 is 26.5 Å². The summed E-state index contributed by atoms with van der Waals surface area (Å²) in [6.07, 6.45) is 5.65. The molecule has 4 aromatic rings. The van der Waals surface area contributed by atoms with Crippen LogP contribution in [0.2, 0.25) is 0 Å². The van der Waals surface area contributed by atoms with E-state index in [2.05, 4.69) is 19.8 Å². The molecule has 6 heterocycles. The molecule has 4 aromatic heterocycles. The largest absolute Gasteiger partial charge is 0.543 e. The first-order valence-electron chi connectivity index (χ1n) is 14.4. The minimum absolute atomic E-state index is 0.000491. The number of amides is 2. The number of rotatable bonds is 12. The quantitative estimate of drug-likeness (QED) is 0.0405. The first-order chi connectivity index (χ1) is 23.2. The van der Waals surface area contributed by atoms with E-state index in [9.17, 15) is 29.4 Å². The van der Waals surface area contributed by atoms with Gasteiger partial charge in [0, 0.05) is 56.3 Å². The maximum atomic E-state index is 13.4. The molecular formula is C29H28N10O7S3. The number of carboxylic acids is 2. The Labute approximate surface area is 289 Å². The Morgan fingerprint density at radius 2 is 2.10 bits per heavy atom. The maximum absolute atomic E-state index is 13.4. The fourth-order valence-electron chi connectivity index (χ4n) is 5.11. The van der Waals surface area contributed by atoms with E-state index in [1.807, 2.05) is 51.3 Å². The monoisotopic (exact) mass is 724 g/mol. The van der Waals surface area contributed by atoms with Gasteiger partial charge in [-0.15, -0.1) is 23.1 Å². The molecule has 6 rings (SSSR count). The summed E-state index contributed by atoms with van der Waals surface area (Å²) in [5, 5.41) is 37.7. The van der Waals surface area contributed by atoms with E-state index < -0.39 is 46.5 Å². The molecule has 1 fully saturated rings. The zero-order chi connectivity index (χ0) is 35.2. The number of carboxylic acid groups (broad SMARTS) is 2. The van der Waals surface area contributed by atoms with Crippen LogP contribution in [0.1, 0.15) is 30.1 Å². The number of nitrogen functional groups attached to an aromatic ring is 2. The lowest BCUT2D eigenvalue weighted by Crippen LogP contribution is -2.71. The standard InChI is InChI=1S/C29H28N10O7S3/c1-29(2,27(44)45)46-35-18(22-34-28(32)49-36-22)23(40)33-19-24(41)39-20(26(42)43)15(12-48-25(19)39)8-37-5-3-13-4-6-38(17(13)10-37)9-16-7-14(11-47-16)21(30)31/h3-7,10-11,19,25H,8-9,12H2,1-2H3,(H7-,30,31,32,33,34,36,40,42,43,44,45)/t19-,25-/m1/s1. The summed E-state index contributed by atoms with van der Waals surface area (Å²) in [6.45, 7) is 3.15. The third-order valence-corrected chi connectivity index (χ3v) is 10.5. The van der Waals surface area contributed by atoms with Gasteiger partial charge >= 0.3 is 5.97 Å². The summed E-state index contributed by atoms with van der Waals surface area (Å²) in [5.74, 6) is -4.53. The van der Waals surface area contributed by atoms with E-state index in [1.54, 1.807) is 0 Å². The molecule has 0 unspecified atom stereocenters. The van der Waals surface area contributed by atoms with Gasteiger partial charge in [-0.3, -0.25) is 19.9 Å². The highest BCUT2D eigenvalue weighted by Crippen LogP contribution is 2.40. The number of nitrogens with one attached hydrogen (secondary N) is 2. The molecule has 0 saturated carbocycles. The van der Waals surface area contributed by atoms with Crippen molar-refractivity contribution in [2.24, 2.45) is 10.9 Å². The lowest BCUT2D eigenvalue weighted by Gasteiger charge is -2.50. The molecule has 0 spiro atoms. The number of aromatic nitrogens is 4. The van der Waals surface area contributed by atoms with Crippen LogP contribution in [0, 0.1) is 5.41 Å². The molecule has 2 aliphatic rings. The van der Waals surface area contributed by atoms with Gasteiger partial charge in [-0.25, -0.2) is 4.79 Å². The number of oxime groups is 1. The number of fused-ring (bicyclic) bond motifs is 2. The third-order valence-electron chi connectivity index (χ3n) is 7.71. The molecule has 2 amide bonds. The van der Waals surface area contributed by atoms with Crippen LogP contribution in [0.3, 0.4) is 0 Å². The van der Waals surface area contributed by atoms with Crippen LogP contribution in [0.15, 0.2) is 58.6 Å². The molecule has 254 valence electrons. The summed E-state index contributed by atoms with van der Waals surface area (Å²) in [5.41, 5.74) is 10.7. The Morgan fingerprint density at radius 1 is 1.33 bits per heavy atom. The summed E-state index contributed by atoms with van der Waals surface area (Å²) in [4.78, 5) is 61.7. The number of carbonyl (C=O) groups excluding carboxylic acids is 3. The maximum Gasteiger partial charge on any atom is 0.350 e. The third kappa shape index (κ3) is 6.56. The van der Waals surface area contributed by atoms with Gasteiger partial charge in [0.2, 0.25) is 17.1 Å². The second kappa shape index (κ2) is 12.9. The van der Waals surface area contributed by atoms with Crippen LogP contribution in [0.4, 0.5) is 5.13 Å². The SMILES string of the molecule is CC(C)(ON=C(C(=O)N[C@@H]1C(=O)N2C(C(=O)[O-])=C(C[n+]3ccc4ccn(Cc5cc(C(=N)N)cs5)c4c3)CS[C@H]12)c1nsc(N)n1)C(=O)O. The number of amidine groups is 1. The Morgan fingerprint density at radius 3 is 2.76 bits per heavy atom.